The van der Waals surface area contributed by atoms with Gasteiger partial charge in [0.2, 0.25) is 0 Å². The minimum Gasteiger partial charge on any atom is -0.493 e. The second-order valence-electron chi connectivity index (χ2n) is 7.88. The van der Waals surface area contributed by atoms with Crippen molar-refractivity contribution in [1.29, 1.82) is 0 Å². The molecule has 7 nitrogen and oxygen atoms in total. The highest BCUT2D eigenvalue weighted by Gasteiger charge is 2.45. The summed E-state index contributed by atoms with van der Waals surface area (Å²) in [5, 5.41) is 4.36. The SMILES string of the molecule is CCOC(=O)[C@H]1C[C@@H]1CN(Cc1ccc2c(c1)CCO2)C(=O)c1cc(C)n(C)n1. The van der Waals surface area contributed by atoms with Gasteiger partial charge in [-0.2, -0.15) is 5.10 Å². The van der Waals surface area contributed by atoms with Crippen LogP contribution in [0.25, 0.3) is 0 Å². The lowest BCUT2D eigenvalue weighted by atomic mass is 10.1. The van der Waals surface area contributed by atoms with E-state index in [1.807, 2.05) is 44.0 Å². The first kappa shape index (κ1) is 19.5. The Morgan fingerprint density at radius 1 is 1.34 bits per heavy atom. The van der Waals surface area contributed by atoms with Crippen molar-refractivity contribution in [3.05, 3.63) is 46.8 Å². The summed E-state index contributed by atoms with van der Waals surface area (Å²) in [5.74, 6) is 0.689. The lowest BCUT2D eigenvalue weighted by Crippen LogP contribution is -2.33. The summed E-state index contributed by atoms with van der Waals surface area (Å²) >= 11 is 0. The highest BCUT2D eigenvalue weighted by atomic mass is 16.5. The lowest BCUT2D eigenvalue weighted by molar-refractivity contribution is -0.145. The van der Waals surface area contributed by atoms with E-state index in [9.17, 15) is 9.59 Å². The van der Waals surface area contributed by atoms with Gasteiger partial charge in [-0.1, -0.05) is 12.1 Å². The predicted molar refractivity (Wildman–Crippen MR) is 107 cm³/mol. The summed E-state index contributed by atoms with van der Waals surface area (Å²) in [6, 6.07) is 7.90. The van der Waals surface area contributed by atoms with Crippen molar-refractivity contribution in [1.82, 2.24) is 14.7 Å². The predicted octanol–water partition coefficient (Wildman–Crippen LogP) is 2.51. The fraction of sp³-hybridized carbons (Fsp3) is 0.500. The minimum absolute atomic E-state index is 0.107. The van der Waals surface area contributed by atoms with Crippen molar-refractivity contribution < 1.29 is 19.1 Å². The van der Waals surface area contributed by atoms with Crippen molar-refractivity contribution in [2.45, 2.75) is 33.2 Å². The number of hydrogen-bond donors (Lipinski definition) is 0. The molecule has 1 aliphatic heterocycles. The Morgan fingerprint density at radius 3 is 2.90 bits per heavy atom. The molecule has 2 aliphatic rings. The van der Waals surface area contributed by atoms with Gasteiger partial charge in [0.15, 0.2) is 5.69 Å². The Hall–Kier alpha value is -2.83. The molecule has 2 aromatic rings. The third-order valence-corrected chi connectivity index (χ3v) is 5.71. The number of aromatic nitrogens is 2. The van der Waals surface area contributed by atoms with Crippen LogP contribution in [0, 0.1) is 18.8 Å². The fourth-order valence-electron chi connectivity index (χ4n) is 3.88. The first-order valence-electron chi connectivity index (χ1n) is 10.2. The van der Waals surface area contributed by atoms with E-state index in [2.05, 4.69) is 11.2 Å². The molecule has 7 heteroatoms. The maximum Gasteiger partial charge on any atom is 0.309 e. The summed E-state index contributed by atoms with van der Waals surface area (Å²) in [4.78, 5) is 27.0. The summed E-state index contributed by atoms with van der Waals surface area (Å²) in [5.41, 5.74) is 3.60. The Bertz CT molecular complexity index is 917. The number of nitrogens with zero attached hydrogens (tertiary/aromatic N) is 3. The number of carbonyl (C=O) groups is 2. The molecule has 0 bridgehead atoms. The standard InChI is InChI=1S/C22H27N3O4/c1-4-28-22(27)18-11-17(18)13-25(21(26)19-9-14(2)24(3)23-19)12-15-5-6-20-16(10-15)7-8-29-20/h5-6,9-10,17-18H,4,7-8,11-13H2,1-3H3/t17-,18+/m1/s1. The maximum atomic E-state index is 13.2. The van der Waals surface area contributed by atoms with Crippen molar-refractivity contribution in [2.75, 3.05) is 19.8 Å². The van der Waals surface area contributed by atoms with Crippen molar-refractivity contribution in [2.24, 2.45) is 18.9 Å². The second-order valence-corrected chi connectivity index (χ2v) is 7.88. The van der Waals surface area contributed by atoms with Crippen LogP contribution in [-0.4, -0.2) is 46.3 Å². The van der Waals surface area contributed by atoms with Gasteiger partial charge in [-0.15, -0.1) is 0 Å². The number of carbonyl (C=O) groups excluding carboxylic acids is 2. The zero-order valence-electron chi connectivity index (χ0n) is 17.2. The molecule has 2 heterocycles. The molecular weight excluding hydrogens is 370 g/mol. The van der Waals surface area contributed by atoms with Gasteiger partial charge in [-0.05, 0) is 49.4 Å². The van der Waals surface area contributed by atoms with Crippen LogP contribution in [0.4, 0.5) is 0 Å². The first-order valence-corrected chi connectivity index (χ1v) is 10.2. The van der Waals surface area contributed by atoms with E-state index < -0.39 is 0 Å². The number of rotatable bonds is 7. The van der Waals surface area contributed by atoms with Gasteiger partial charge in [0.1, 0.15) is 5.75 Å². The van der Waals surface area contributed by atoms with Gasteiger partial charge in [-0.3, -0.25) is 14.3 Å². The van der Waals surface area contributed by atoms with Gasteiger partial charge in [0.05, 0.1) is 19.1 Å². The highest BCUT2D eigenvalue weighted by molar-refractivity contribution is 5.92. The Balaban J connectivity index is 1.52. The van der Waals surface area contributed by atoms with Gasteiger partial charge < -0.3 is 14.4 Å². The Labute approximate surface area is 170 Å². The molecule has 1 aromatic carbocycles. The molecule has 154 valence electrons. The van der Waals surface area contributed by atoms with Crippen LogP contribution >= 0.6 is 0 Å². The van der Waals surface area contributed by atoms with Crippen LogP contribution in [-0.2, 0) is 29.5 Å². The molecule has 0 radical (unpaired) electrons. The number of benzene rings is 1. The first-order chi connectivity index (χ1) is 14.0. The molecule has 4 rings (SSSR count). The number of hydrogen-bond acceptors (Lipinski definition) is 5. The molecule has 2 atom stereocenters. The number of fused-ring (bicyclic) bond motifs is 1. The third-order valence-electron chi connectivity index (χ3n) is 5.71. The molecule has 1 aliphatic carbocycles. The van der Waals surface area contributed by atoms with Gasteiger partial charge in [-0.25, -0.2) is 0 Å². The van der Waals surface area contributed by atoms with E-state index in [4.69, 9.17) is 9.47 Å². The molecule has 0 N–H and O–H groups in total. The Morgan fingerprint density at radius 2 is 2.17 bits per heavy atom. The van der Waals surface area contributed by atoms with Crippen LogP contribution < -0.4 is 4.74 Å². The zero-order chi connectivity index (χ0) is 20.5. The van der Waals surface area contributed by atoms with Gasteiger partial charge in [0.25, 0.3) is 5.91 Å². The Kier molecular flexibility index (Phi) is 5.30. The van der Waals surface area contributed by atoms with E-state index in [1.54, 1.807) is 4.68 Å². The molecule has 0 spiro atoms. The summed E-state index contributed by atoms with van der Waals surface area (Å²) < 4.78 is 12.4. The van der Waals surface area contributed by atoms with Crippen LogP contribution in [0.2, 0.25) is 0 Å². The van der Waals surface area contributed by atoms with Crippen LogP contribution in [0.5, 0.6) is 5.75 Å². The molecule has 0 unspecified atom stereocenters. The summed E-state index contributed by atoms with van der Waals surface area (Å²) in [7, 11) is 1.83. The topological polar surface area (TPSA) is 73.7 Å². The molecule has 1 fully saturated rings. The fourth-order valence-corrected chi connectivity index (χ4v) is 3.88. The van der Waals surface area contributed by atoms with Crippen LogP contribution in [0.15, 0.2) is 24.3 Å². The van der Waals surface area contributed by atoms with E-state index in [0.717, 1.165) is 29.8 Å². The monoisotopic (exact) mass is 397 g/mol. The van der Waals surface area contributed by atoms with Gasteiger partial charge >= 0.3 is 5.97 Å². The van der Waals surface area contributed by atoms with E-state index in [1.165, 1.54) is 5.56 Å². The number of esters is 1. The second kappa shape index (κ2) is 7.89. The molecule has 29 heavy (non-hydrogen) atoms. The molecule has 1 saturated carbocycles. The summed E-state index contributed by atoms with van der Waals surface area (Å²) in [6.45, 7) is 5.82. The largest absolute Gasteiger partial charge is 0.493 e. The smallest absolute Gasteiger partial charge is 0.309 e. The van der Waals surface area contributed by atoms with Crippen molar-refractivity contribution in [3.63, 3.8) is 0 Å². The minimum atomic E-state index is -0.159. The van der Waals surface area contributed by atoms with Crippen molar-refractivity contribution in [3.8, 4) is 5.75 Å². The lowest BCUT2D eigenvalue weighted by Gasteiger charge is -2.22. The molecule has 0 saturated heterocycles. The number of amides is 1. The quantitative estimate of drug-likeness (QED) is 0.671. The molecule has 1 amide bonds. The molecule has 1 aromatic heterocycles. The molecular formula is C22H27N3O4. The number of ether oxygens (including phenoxy) is 2. The van der Waals surface area contributed by atoms with Crippen LogP contribution in [0.3, 0.4) is 0 Å². The normalized spacial score (nSPS) is 19.4. The van der Waals surface area contributed by atoms with E-state index >= 15 is 0 Å². The average Bonchev–Trinajstić information content (AvgIpc) is 3.16. The zero-order valence-corrected chi connectivity index (χ0v) is 17.2. The third kappa shape index (κ3) is 4.13. The highest BCUT2D eigenvalue weighted by Crippen LogP contribution is 2.40. The summed E-state index contributed by atoms with van der Waals surface area (Å²) in [6.07, 6.45) is 1.66. The van der Waals surface area contributed by atoms with E-state index in [-0.39, 0.29) is 23.7 Å². The maximum absolute atomic E-state index is 13.2. The number of aryl methyl sites for hydroxylation is 2. The van der Waals surface area contributed by atoms with E-state index in [0.29, 0.717) is 32.0 Å². The average molecular weight is 397 g/mol. The van der Waals surface area contributed by atoms with Gasteiger partial charge in [0, 0.05) is 32.3 Å². The van der Waals surface area contributed by atoms with Crippen LogP contribution in [0.1, 0.15) is 40.7 Å². The van der Waals surface area contributed by atoms with Crippen molar-refractivity contribution >= 4 is 11.9 Å².